The number of nitrogens with one attached hydrogen (secondary N) is 1. The van der Waals surface area contributed by atoms with Crippen LogP contribution in [-0.4, -0.2) is 15.4 Å². The average molecular weight is 233 g/mol. The molecule has 3 nitrogen and oxygen atoms in total. The van der Waals surface area contributed by atoms with Crippen molar-refractivity contribution >= 4 is 0 Å². The van der Waals surface area contributed by atoms with Gasteiger partial charge in [0.25, 0.3) is 0 Å². The maximum Gasteiger partial charge on any atom is 0.126 e. The largest absolute Gasteiger partial charge is 0.207 e. The molecule has 1 atom stereocenters. The molecular formula is C13H16FN3. The van der Waals surface area contributed by atoms with E-state index in [9.17, 15) is 4.39 Å². The van der Waals surface area contributed by atoms with E-state index in [2.05, 4.69) is 22.3 Å². The van der Waals surface area contributed by atoms with E-state index in [-0.39, 0.29) is 11.7 Å². The van der Waals surface area contributed by atoms with Crippen molar-refractivity contribution in [3.8, 4) is 0 Å². The van der Waals surface area contributed by atoms with Crippen LogP contribution in [0.4, 0.5) is 4.39 Å². The van der Waals surface area contributed by atoms with Gasteiger partial charge in [-0.05, 0) is 36.5 Å². The van der Waals surface area contributed by atoms with Crippen LogP contribution in [0.15, 0.2) is 24.4 Å². The van der Waals surface area contributed by atoms with Gasteiger partial charge >= 0.3 is 0 Å². The number of hydrogen-bond donors (Lipinski definition) is 1. The number of rotatable bonds is 4. The first-order valence-corrected chi connectivity index (χ1v) is 5.81. The topological polar surface area (TPSA) is 41.6 Å². The van der Waals surface area contributed by atoms with E-state index >= 15 is 0 Å². The zero-order chi connectivity index (χ0) is 12.3. The highest BCUT2D eigenvalue weighted by molar-refractivity contribution is 5.27. The SMILES string of the molecule is CCC(Cc1cn[nH]n1)c1ccc(C)cc1F. The Balaban J connectivity index is 2.23. The van der Waals surface area contributed by atoms with Gasteiger partial charge in [-0.3, -0.25) is 0 Å². The number of H-pyrrole nitrogens is 1. The third-order valence-electron chi connectivity index (χ3n) is 3.01. The van der Waals surface area contributed by atoms with Gasteiger partial charge in [0.2, 0.25) is 0 Å². The Hall–Kier alpha value is -1.71. The molecule has 2 rings (SSSR count). The maximum absolute atomic E-state index is 13.9. The number of halogens is 1. The first-order chi connectivity index (χ1) is 8.20. The fourth-order valence-corrected chi connectivity index (χ4v) is 2.01. The van der Waals surface area contributed by atoms with E-state index in [4.69, 9.17) is 0 Å². The van der Waals surface area contributed by atoms with E-state index in [0.29, 0.717) is 6.42 Å². The number of aryl methyl sites for hydroxylation is 1. The Morgan fingerprint density at radius 2 is 2.24 bits per heavy atom. The number of hydrogen-bond acceptors (Lipinski definition) is 2. The van der Waals surface area contributed by atoms with E-state index in [1.807, 2.05) is 19.1 Å². The third kappa shape index (κ3) is 2.70. The Kier molecular flexibility index (Phi) is 3.52. The number of aromatic nitrogens is 3. The second-order valence-corrected chi connectivity index (χ2v) is 4.30. The number of benzene rings is 1. The normalized spacial score (nSPS) is 12.6. The molecule has 1 aromatic heterocycles. The van der Waals surface area contributed by atoms with Crippen LogP contribution in [0, 0.1) is 12.7 Å². The lowest BCUT2D eigenvalue weighted by Gasteiger charge is -2.15. The van der Waals surface area contributed by atoms with Crippen molar-refractivity contribution in [2.75, 3.05) is 0 Å². The summed E-state index contributed by atoms with van der Waals surface area (Å²) in [6, 6.07) is 5.41. The van der Waals surface area contributed by atoms with Crippen LogP contribution in [0.1, 0.15) is 36.1 Å². The molecule has 90 valence electrons. The van der Waals surface area contributed by atoms with Crippen molar-refractivity contribution in [3.63, 3.8) is 0 Å². The van der Waals surface area contributed by atoms with Crippen molar-refractivity contribution < 1.29 is 4.39 Å². The summed E-state index contributed by atoms with van der Waals surface area (Å²) in [6.45, 7) is 3.95. The minimum Gasteiger partial charge on any atom is -0.207 e. The van der Waals surface area contributed by atoms with Crippen LogP contribution >= 0.6 is 0 Å². The van der Waals surface area contributed by atoms with E-state index in [1.165, 1.54) is 0 Å². The molecule has 0 saturated heterocycles. The van der Waals surface area contributed by atoms with Crippen molar-refractivity contribution in [1.29, 1.82) is 0 Å². The number of aromatic amines is 1. The van der Waals surface area contributed by atoms with Crippen LogP contribution in [0.5, 0.6) is 0 Å². The summed E-state index contributed by atoms with van der Waals surface area (Å²) in [4.78, 5) is 0. The lowest BCUT2D eigenvalue weighted by atomic mass is 9.91. The molecule has 1 aromatic carbocycles. The standard InChI is InChI=1S/C13H16FN3/c1-3-10(7-11-8-15-17-16-11)12-5-4-9(2)6-13(12)14/h4-6,8,10H,3,7H2,1-2H3,(H,15,16,17). The molecule has 4 heteroatoms. The summed E-state index contributed by atoms with van der Waals surface area (Å²) in [5, 5.41) is 10.4. The summed E-state index contributed by atoms with van der Waals surface area (Å²) in [5.74, 6) is 0.0287. The van der Waals surface area contributed by atoms with Crippen LogP contribution in [0.25, 0.3) is 0 Å². The predicted octanol–water partition coefficient (Wildman–Crippen LogP) is 2.99. The summed E-state index contributed by atoms with van der Waals surface area (Å²) < 4.78 is 13.9. The molecular weight excluding hydrogens is 217 g/mol. The Bertz CT molecular complexity index is 479. The van der Waals surface area contributed by atoms with Crippen molar-refractivity contribution in [3.05, 3.63) is 47.0 Å². The summed E-state index contributed by atoms with van der Waals surface area (Å²) >= 11 is 0. The molecule has 1 unspecified atom stereocenters. The van der Waals surface area contributed by atoms with Crippen LogP contribution in [0.3, 0.4) is 0 Å². The lowest BCUT2D eigenvalue weighted by Crippen LogP contribution is -2.05. The zero-order valence-corrected chi connectivity index (χ0v) is 10.1. The maximum atomic E-state index is 13.9. The molecule has 0 amide bonds. The van der Waals surface area contributed by atoms with E-state index < -0.39 is 0 Å². The predicted molar refractivity (Wildman–Crippen MR) is 64.3 cm³/mol. The van der Waals surface area contributed by atoms with Gasteiger partial charge in [0.05, 0.1) is 11.9 Å². The first kappa shape index (κ1) is 11.8. The smallest absolute Gasteiger partial charge is 0.126 e. The van der Waals surface area contributed by atoms with Crippen LogP contribution < -0.4 is 0 Å². The quantitative estimate of drug-likeness (QED) is 0.882. The first-order valence-electron chi connectivity index (χ1n) is 5.81. The van der Waals surface area contributed by atoms with Crippen molar-refractivity contribution in [1.82, 2.24) is 15.4 Å². The average Bonchev–Trinajstić information content (AvgIpc) is 2.79. The highest BCUT2D eigenvalue weighted by atomic mass is 19.1. The monoisotopic (exact) mass is 233 g/mol. The number of nitrogens with zero attached hydrogens (tertiary/aromatic N) is 2. The zero-order valence-electron chi connectivity index (χ0n) is 10.1. The molecule has 0 saturated carbocycles. The fraction of sp³-hybridized carbons (Fsp3) is 0.385. The second-order valence-electron chi connectivity index (χ2n) is 4.30. The Morgan fingerprint density at radius 1 is 1.41 bits per heavy atom. The third-order valence-corrected chi connectivity index (χ3v) is 3.01. The summed E-state index contributed by atoms with van der Waals surface area (Å²) in [7, 11) is 0. The van der Waals surface area contributed by atoms with Crippen LogP contribution in [0.2, 0.25) is 0 Å². The molecule has 0 fully saturated rings. The highest BCUT2D eigenvalue weighted by Gasteiger charge is 2.15. The molecule has 0 aliphatic carbocycles. The molecule has 2 aromatic rings. The highest BCUT2D eigenvalue weighted by Crippen LogP contribution is 2.26. The van der Waals surface area contributed by atoms with Crippen molar-refractivity contribution in [2.24, 2.45) is 0 Å². The minimum absolute atomic E-state index is 0.125. The molecule has 0 radical (unpaired) electrons. The van der Waals surface area contributed by atoms with Gasteiger partial charge in [-0.1, -0.05) is 19.1 Å². The summed E-state index contributed by atoms with van der Waals surface area (Å²) in [6.07, 6.45) is 3.29. The molecule has 1 N–H and O–H groups in total. The molecule has 17 heavy (non-hydrogen) atoms. The van der Waals surface area contributed by atoms with Crippen LogP contribution in [-0.2, 0) is 6.42 Å². The molecule has 1 heterocycles. The molecule has 0 aliphatic rings. The summed E-state index contributed by atoms with van der Waals surface area (Å²) in [5.41, 5.74) is 2.58. The Morgan fingerprint density at radius 3 is 2.82 bits per heavy atom. The lowest BCUT2D eigenvalue weighted by molar-refractivity contribution is 0.560. The second kappa shape index (κ2) is 5.08. The van der Waals surface area contributed by atoms with Crippen molar-refractivity contribution in [2.45, 2.75) is 32.6 Å². The van der Waals surface area contributed by atoms with Gasteiger partial charge in [0.1, 0.15) is 5.82 Å². The van der Waals surface area contributed by atoms with Gasteiger partial charge in [-0.2, -0.15) is 15.4 Å². The molecule has 0 bridgehead atoms. The van der Waals surface area contributed by atoms with E-state index in [0.717, 1.165) is 23.2 Å². The van der Waals surface area contributed by atoms with Gasteiger partial charge < -0.3 is 0 Å². The Labute approximate surface area is 100 Å². The minimum atomic E-state index is -0.125. The van der Waals surface area contributed by atoms with Gasteiger partial charge in [-0.15, -0.1) is 0 Å². The molecule has 0 spiro atoms. The molecule has 0 aliphatic heterocycles. The van der Waals surface area contributed by atoms with Gasteiger partial charge in [0, 0.05) is 6.42 Å². The van der Waals surface area contributed by atoms with Gasteiger partial charge in [0.15, 0.2) is 0 Å². The fourth-order valence-electron chi connectivity index (χ4n) is 2.01. The van der Waals surface area contributed by atoms with Gasteiger partial charge in [-0.25, -0.2) is 4.39 Å². The van der Waals surface area contributed by atoms with E-state index in [1.54, 1.807) is 12.3 Å².